The third kappa shape index (κ3) is 5.46. The van der Waals surface area contributed by atoms with E-state index in [-0.39, 0.29) is 11.5 Å². The lowest BCUT2D eigenvalue weighted by Crippen LogP contribution is -2.44. The number of anilines is 4. The number of likely N-dealkylation sites (N-methyl/N-ethyl adjacent to an activating group) is 1. The fourth-order valence-corrected chi connectivity index (χ4v) is 4.61. The highest BCUT2D eigenvalue weighted by molar-refractivity contribution is 5.99. The third-order valence-corrected chi connectivity index (χ3v) is 6.78. The molecular weight excluding hydrogens is 494 g/mol. The molecule has 10 nitrogen and oxygen atoms in total. The molecule has 0 atom stereocenters. The van der Waals surface area contributed by atoms with Gasteiger partial charge in [-0.2, -0.15) is 4.98 Å². The van der Waals surface area contributed by atoms with Gasteiger partial charge in [0, 0.05) is 60.8 Å². The first-order chi connectivity index (χ1) is 18.9. The number of pyridine rings is 1. The molecule has 5 rings (SSSR count). The summed E-state index contributed by atoms with van der Waals surface area (Å²) in [4.78, 5) is 39.0. The fourth-order valence-electron chi connectivity index (χ4n) is 4.61. The SMILES string of the molecule is C=CC(=O)Nc1cccc(-n2c(=O)c(C)cc3cnc(Nc4ccc(N5CCN(C)CC5)cc4OC)nc32)c1. The van der Waals surface area contributed by atoms with Crippen LogP contribution in [0.2, 0.25) is 0 Å². The molecule has 1 fully saturated rings. The number of carbonyl (C=O) groups excluding carboxylic acids is 1. The molecule has 0 radical (unpaired) electrons. The largest absolute Gasteiger partial charge is 0.494 e. The Balaban J connectivity index is 1.51. The van der Waals surface area contributed by atoms with E-state index < -0.39 is 0 Å². The Bertz CT molecular complexity index is 1610. The highest BCUT2D eigenvalue weighted by Gasteiger charge is 2.17. The van der Waals surface area contributed by atoms with Crippen molar-refractivity contribution >= 4 is 40.0 Å². The maximum Gasteiger partial charge on any atom is 0.259 e. The van der Waals surface area contributed by atoms with Crippen LogP contribution in [0.25, 0.3) is 16.7 Å². The van der Waals surface area contributed by atoms with Crippen molar-refractivity contribution in [1.29, 1.82) is 0 Å². The number of rotatable bonds is 7. The van der Waals surface area contributed by atoms with Gasteiger partial charge in [0.15, 0.2) is 5.65 Å². The minimum atomic E-state index is -0.338. The number of fused-ring (bicyclic) bond motifs is 1. The molecule has 3 heterocycles. The van der Waals surface area contributed by atoms with Crippen LogP contribution >= 0.6 is 0 Å². The summed E-state index contributed by atoms with van der Waals surface area (Å²) in [6.07, 6.45) is 2.88. The van der Waals surface area contributed by atoms with E-state index in [4.69, 9.17) is 9.72 Å². The van der Waals surface area contributed by atoms with Crippen molar-refractivity contribution in [2.45, 2.75) is 6.92 Å². The van der Waals surface area contributed by atoms with Crippen molar-refractivity contribution in [3.8, 4) is 11.4 Å². The normalized spacial score (nSPS) is 13.8. The van der Waals surface area contributed by atoms with E-state index in [2.05, 4.69) is 45.1 Å². The second kappa shape index (κ2) is 11.0. The molecule has 2 aromatic heterocycles. The number of piperazine rings is 1. The Morgan fingerprint density at radius 2 is 1.87 bits per heavy atom. The molecule has 2 N–H and O–H groups in total. The minimum absolute atomic E-state index is 0.214. The van der Waals surface area contributed by atoms with Crippen molar-refractivity contribution in [2.75, 3.05) is 55.9 Å². The van der Waals surface area contributed by atoms with Gasteiger partial charge in [-0.15, -0.1) is 0 Å². The maximum atomic E-state index is 13.3. The Hall–Kier alpha value is -4.70. The molecule has 1 aliphatic heterocycles. The smallest absolute Gasteiger partial charge is 0.259 e. The van der Waals surface area contributed by atoms with Crippen LogP contribution in [0.1, 0.15) is 5.56 Å². The van der Waals surface area contributed by atoms with E-state index in [1.165, 1.54) is 10.6 Å². The average molecular weight is 526 g/mol. The van der Waals surface area contributed by atoms with Crippen LogP contribution in [0, 0.1) is 6.92 Å². The van der Waals surface area contributed by atoms with Crippen molar-refractivity contribution in [2.24, 2.45) is 0 Å². The molecule has 39 heavy (non-hydrogen) atoms. The van der Waals surface area contributed by atoms with E-state index >= 15 is 0 Å². The zero-order valence-corrected chi connectivity index (χ0v) is 22.3. The van der Waals surface area contributed by atoms with Crippen LogP contribution in [-0.4, -0.2) is 65.7 Å². The summed E-state index contributed by atoms with van der Waals surface area (Å²) < 4.78 is 7.21. The number of carbonyl (C=O) groups is 1. The lowest BCUT2D eigenvalue weighted by Gasteiger charge is -2.34. The lowest BCUT2D eigenvalue weighted by molar-refractivity contribution is -0.111. The number of aromatic nitrogens is 3. The van der Waals surface area contributed by atoms with Gasteiger partial charge in [0.2, 0.25) is 11.9 Å². The summed E-state index contributed by atoms with van der Waals surface area (Å²) >= 11 is 0. The topological polar surface area (TPSA) is 105 Å². The van der Waals surface area contributed by atoms with Crippen molar-refractivity contribution in [3.05, 3.63) is 83.3 Å². The van der Waals surface area contributed by atoms with Gasteiger partial charge in [-0.05, 0) is 56.4 Å². The first-order valence-electron chi connectivity index (χ1n) is 12.7. The Morgan fingerprint density at radius 1 is 1.08 bits per heavy atom. The number of methoxy groups -OCH3 is 1. The van der Waals surface area contributed by atoms with Gasteiger partial charge in [0.05, 0.1) is 18.5 Å². The minimum Gasteiger partial charge on any atom is -0.494 e. The predicted molar refractivity (Wildman–Crippen MR) is 155 cm³/mol. The molecule has 4 aromatic rings. The quantitative estimate of drug-likeness (QED) is 0.352. The number of ether oxygens (including phenoxy) is 1. The molecule has 0 saturated carbocycles. The molecule has 0 bridgehead atoms. The van der Waals surface area contributed by atoms with Crippen molar-refractivity contribution in [3.63, 3.8) is 0 Å². The van der Waals surface area contributed by atoms with Gasteiger partial charge in [0.25, 0.3) is 5.56 Å². The monoisotopic (exact) mass is 525 g/mol. The Morgan fingerprint density at radius 3 is 2.62 bits per heavy atom. The van der Waals surface area contributed by atoms with Crippen LogP contribution in [0.3, 0.4) is 0 Å². The molecule has 1 aliphatic rings. The number of aryl methyl sites for hydroxylation is 1. The van der Waals surface area contributed by atoms with E-state index in [0.717, 1.165) is 31.9 Å². The van der Waals surface area contributed by atoms with Crippen LogP contribution in [-0.2, 0) is 4.79 Å². The highest BCUT2D eigenvalue weighted by atomic mass is 16.5. The molecule has 0 unspecified atom stereocenters. The summed E-state index contributed by atoms with van der Waals surface area (Å²) in [5.74, 6) is 0.651. The second-order valence-corrected chi connectivity index (χ2v) is 9.48. The standard InChI is InChI=1S/C29H31N7O3/c1-5-26(37)31-21-7-6-8-23(16-21)36-27-20(15-19(2)28(36)38)18-30-29(33-27)32-24-10-9-22(17-25(24)39-4)35-13-11-34(3)12-14-35/h5-10,15-18H,1,11-14H2,2-4H3,(H,31,37)(H,30,32,33). The Kier molecular flexibility index (Phi) is 7.29. The summed E-state index contributed by atoms with van der Waals surface area (Å²) in [7, 11) is 3.76. The van der Waals surface area contributed by atoms with Crippen LogP contribution in [0.5, 0.6) is 5.75 Å². The van der Waals surface area contributed by atoms with Crippen molar-refractivity contribution in [1.82, 2.24) is 19.4 Å². The van der Waals surface area contributed by atoms with Gasteiger partial charge in [-0.25, -0.2) is 4.98 Å². The van der Waals surface area contributed by atoms with Gasteiger partial charge in [-0.3, -0.25) is 14.2 Å². The number of nitrogens with zero attached hydrogens (tertiary/aromatic N) is 5. The molecular formula is C29H31N7O3. The number of benzene rings is 2. The fraction of sp³-hybridized carbons (Fsp3) is 0.241. The number of amides is 1. The first kappa shape index (κ1) is 25.9. The molecule has 0 aliphatic carbocycles. The van der Waals surface area contributed by atoms with Gasteiger partial charge in [0.1, 0.15) is 5.75 Å². The van der Waals surface area contributed by atoms with Crippen LogP contribution in [0.4, 0.5) is 23.0 Å². The summed E-state index contributed by atoms with van der Waals surface area (Å²) in [6, 6.07) is 14.8. The second-order valence-electron chi connectivity index (χ2n) is 9.48. The van der Waals surface area contributed by atoms with Crippen LogP contribution < -0.4 is 25.8 Å². The Labute approximate surface area is 226 Å². The molecule has 10 heteroatoms. The molecule has 1 saturated heterocycles. The number of hydrogen-bond donors (Lipinski definition) is 2. The van der Waals surface area contributed by atoms with E-state index in [1.807, 2.05) is 12.1 Å². The summed E-state index contributed by atoms with van der Waals surface area (Å²) in [5.41, 5.74) is 3.68. The molecule has 1 amide bonds. The lowest BCUT2D eigenvalue weighted by atomic mass is 10.2. The van der Waals surface area contributed by atoms with Crippen molar-refractivity contribution < 1.29 is 9.53 Å². The maximum absolute atomic E-state index is 13.3. The zero-order chi connectivity index (χ0) is 27.5. The summed E-state index contributed by atoms with van der Waals surface area (Å²) in [5, 5.41) is 6.69. The molecule has 2 aromatic carbocycles. The number of hydrogen-bond acceptors (Lipinski definition) is 8. The van der Waals surface area contributed by atoms with E-state index in [9.17, 15) is 9.59 Å². The third-order valence-electron chi connectivity index (χ3n) is 6.78. The van der Waals surface area contributed by atoms with Crippen LogP contribution in [0.15, 0.2) is 72.2 Å². The van der Waals surface area contributed by atoms with Gasteiger partial charge >= 0.3 is 0 Å². The van der Waals surface area contributed by atoms with E-state index in [0.29, 0.717) is 45.4 Å². The zero-order valence-electron chi connectivity index (χ0n) is 22.3. The predicted octanol–water partition coefficient (Wildman–Crippen LogP) is 3.72. The summed E-state index contributed by atoms with van der Waals surface area (Å²) in [6.45, 7) is 9.17. The first-order valence-corrected chi connectivity index (χ1v) is 12.7. The van der Waals surface area contributed by atoms with Gasteiger partial charge < -0.3 is 25.2 Å². The van der Waals surface area contributed by atoms with Gasteiger partial charge in [-0.1, -0.05) is 12.6 Å². The molecule has 0 spiro atoms. The highest BCUT2D eigenvalue weighted by Crippen LogP contribution is 2.32. The number of nitrogens with one attached hydrogen (secondary N) is 2. The molecule has 200 valence electrons. The van der Waals surface area contributed by atoms with E-state index in [1.54, 1.807) is 50.6 Å². The average Bonchev–Trinajstić information content (AvgIpc) is 2.94.